The molecule has 8 nitrogen and oxygen atoms in total. The van der Waals surface area contributed by atoms with Gasteiger partial charge >= 0.3 is 12.8 Å². The Morgan fingerprint density at radius 3 is 2.65 bits per heavy atom. The molecule has 13 heteroatoms. The molecule has 1 atom stereocenters. The van der Waals surface area contributed by atoms with Crippen molar-refractivity contribution < 1.29 is 41.0 Å². The van der Waals surface area contributed by atoms with E-state index >= 15 is 0 Å². The average Bonchev–Trinajstić information content (AvgIpc) is 2.68. The summed E-state index contributed by atoms with van der Waals surface area (Å²) in [6.07, 6.45) is -4.56. The van der Waals surface area contributed by atoms with E-state index in [0.29, 0.717) is 0 Å². The highest BCUT2D eigenvalue weighted by Gasteiger charge is 2.35. The molecule has 2 rings (SSSR count). The lowest BCUT2D eigenvalue weighted by Gasteiger charge is -2.30. The molecular formula is C18H23F5N4O4. The molecule has 0 unspecified atom stereocenters. The first-order valence-electron chi connectivity index (χ1n) is 9.34. The number of nitrogens with zero attached hydrogens (tertiary/aromatic N) is 2. The quantitative estimate of drug-likeness (QED) is 0.553. The van der Waals surface area contributed by atoms with Gasteiger partial charge in [-0.1, -0.05) is 6.92 Å². The van der Waals surface area contributed by atoms with Crippen molar-refractivity contribution in [2.75, 3.05) is 49.6 Å². The van der Waals surface area contributed by atoms with Crippen LogP contribution in [-0.2, 0) is 14.3 Å². The Bertz CT molecular complexity index is 778. The Hall–Kier alpha value is -2.51. The van der Waals surface area contributed by atoms with Gasteiger partial charge in [0.15, 0.2) is 5.75 Å². The third-order valence-corrected chi connectivity index (χ3v) is 4.49. The molecule has 1 heterocycles. The molecule has 1 aliphatic heterocycles. The number of halogens is 5. The van der Waals surface area contributed by atoms with Crippen LogP contribution in [0.15, 0.2) is 18.2 Å². The van der Waals surface area contributed by atoms with Gasteiger partial charge in [0.2, 0.25) is 5.91 Å². The molecule has 1 saturated heterocycles. The summed E-state index contributed by atoms with van der Waals surface area (Å²) < 4.78 is 73.6. The van der Waals surface area contributed by atoms with Gasteiger partial charge in [-0.05, 0) is 18.7 Å². The summed E-state index contributed by atoms with van der Waals surface area (Å²) in [5, 5.41) is 2.29. The third kappa shape index (κ3) is 7.01. The number of morpholine rings is 1. The van der Waals surface area contributed by atoms with E-state index in [9.17, 15) is 31.5 Å². The Kier molecular flexibility index (Phi) is 8.53. The molecule has 1 aromatic carbocycles. The number of nitrogens with one attached hydrogen (secondary N) is 1. The standard InChI is InChI=1S/C18H23F5N4O4/c1-2-26(10-18(21,22)23)13(8-24)16(29)25-12-4-3-11(7-14(12)31-17(19)20)27-5-6-30-9-15(27)28/h3-4,7,13,17H,2,5-6,8-10,24H2,1H3,(H,25,29)/t13-/m1/s1. The minimum Gasteiger partial charge on any atom is -0.433 e. The number of amides is 2. The normalized spacial score (nSPS) is 16.0. The number of ether oxygens (including phenoxy) is 2. The zero-order valence-electron chi connectivity index (χ0n) is 16.6. The fourth-order valence-corrected chi connectivity index (χ4v) is 3.08. The molecule has 1 aromatic rings. The zero-order valence-corrected chi connectivity index (χ0v) is 16.6. The number of anilines is 2. The van der Waals surface area contributed by atoms with Gasteiger partial charge in [-0.2, -0.15) is 22.0 Å². The van der Waals surface area contributed by atoms with Crippen LogP contribution in [0, 0.1) is 0 Å². The molecule has 0 spiro atoms. The molecule has 0 radical (unpaired) electrons. The number of likely N-dealkylation sites (N-methyl/N-ethyl adjacent to an activating group) is 1. The second-order valence-corrected chi connectivity index (χ2v) is 6.58. The Labute approximate surface area is 175 Å². The fourth-order valence-electron chi connectivity index (χ4n) is 3.08. The summed E-state index contributed by atoms with van der Waals surface area (Å²) in [4.78, 5) is 26.7. The predicted molar refractivity (Wildman–Crippen MR) is 101 cm³/mol. The van der Waals surface area contributed by atoms with E-state index in [1.807, 2.05) is 0 Å². The lowest BCUT2D eigenvalue weighted by Crippen LogP contribution is -2.51. The van der Waals surface area contributed by atoms with Crippen LogP contribution in [-0.4, -0.2) is 74.9 Å². The van der Waals surface area contributed by atoms with Gasteiger partial charge < -0.3 is 25.4 Å². The maximum atomic E-state index is 12.9. The maximum absolute atomic E-state index is 12.9. The van der Waals surface area contributed by atoms with Crippen LogP contribution in [0.1, 0.15) is 6.92 Å². The first kappa shape index (κ1) is 24.8. The van der Waals surface area contributed by atoms with E-state index < -0.39 is 43.6 Å². The van der Waals surface area contributed by atoms with Gasteiger partial charge in [-0.3, -0.25) is 14.5 Å². The molecule has 1 fully saturated rings. The summed E-state index contributed by atoms with van der Waals surface area (Å²) >= 11 is 0. The van der Waals surface area contributed by atoms with Crippen LogP contribution < -0.4 is 20.7 Å². The molecule has 1 aliphatic rings. The number of nitrogens with two attached hydrogens (primary N) is 1. The van der Waals surface area contributed by atoms with Gasteiger partial charge in [0.25, 0.3) is 5.91 Å². The van der Waals surface area contributed by atoms with Gasteiger partial charge in [0.1, 0.15) is 12.6 Å². The minimum absolute atomic E-state index is 0.118. The number of alkyl halides is 5. The number of rotatable bonds is 9. The van der Waals surface area contributed by atoms with Crippen molar-refractivity contribution in [3.8, 4) is 5.75 Å². The van der Waals surface area contributed by atoms with Crippen LogP contribution in [0.25, 0.3) is 0 Å². The van der Waals surface area contributed by atoms with Crippen LogP contribution in [0.3, 0.4) is 0 Å². The summed E-state index contributed by atoms with van der Waals surface area (Å²) in [5.74, 6) is -1.75. The minimum atomic E-state index is -4.56. The Balaban J connectivity index is 2.26. The smallest absolute Gasteiger partial charge is 0.401 e. The molecule has 0 aliphatic carbocycles. The molecule has 2 amide bonds. The number of carbonyl (C=O) groups is 2. The lowest BCUT2D eigenvalue weighted by atomic mass is 10.2. The van der Waals surface area contributed by atoms with Gasteiger partial charge in [-0.25, -0.2) is 0 Å². The van der Waals surface area contributed by atoms with Gasteiger partial charge in [0.05, 0.1) is 18.8 Å². The number of hydrogen-bond acceptors (Lipinski definition) is 6. The zero-order chi connectivity index (χ0) is 23.2. The highest BCUT2D eigenvalue weighted by Crippen LogP contribution is 2.32. The van der Waals surface area contributed by atoms with E-state index in [-0.39, 0.29) is 43.6 Å². The lowest BCUT2D eigenvalue weighted by molar-refractivity contribution is -0.153. The average molecular weight is 454 g/mol. The second-order valence-electron chi connectivity index (χ2n) is 6.58. The molecule has 174 valence electrons. The first-order chi connectivity index (χ1) is 14.6. The summed E-state index contributed by atoms with van der Waals surface area (Å²) in [5.41, 5.74) is 5.54. The van der Waals surface area contributed by atoms with E-state index in [0.717, 1.165) is 11.0 Å². The van der Waals surface area contributed by atoms with Crippen LogP contribution in [0.4, 0.5) is 33.3 Å². The molecule has 0 bridgehead atoms. The van der Waals surface area contributed by atoms with E-state index in [1.54, 1.807) is 0 Å². The maximum Gasteiger partial charge on any atom is 0.401 e. The van der Waals surface area contributed by atoms with Crippen LogP contribution >= 0.6 is 0 Å². The molecule has 0 saturated carbocycles. The molecule has 31 heavy (non-hydrogen) atoms. The van der Waals surface area contributed by atoms with Gasteiger partial charge in [-0.15, -0.1) is 0 Å². The van der Waals surface area contributed by atoms with Crippen LogP contribution in [0.2, 0.25) is 0 Å². The van der Waals surface area contributed by atoms with Crippen molar-refractivity contribution >= 4 is 23.2 Å². The number of carbonyl (C=O) groups excluding carboxylic acids is 2. The van der Waals surface area contributed by atoms with Crippen molar-refractivity contribution in [1.29, 1.82) is 0 Å². The van der Waals surface area contributed by atoms with E-state index in [2.05, 4.69) is 10.1 Å². The van der Waals surface area contributed by atoms with E-state index in [1.165, 1.54) is 24.0 Å². The molecule has 0 aromatic heterocycles. The second kappa shape index (κ2) is 10.7. The van der Waals surface area contributed by atoms with E-state index in [4.69, 9.17) is 10.5 Å². The first-order valence-corrected chi connectivity index (χ1v) is 9.34. The van der Waals surface area contributed by atoms with Crippen molar-refractivity contribution in [2.45, 2.75) is 25.8 Å². The summed E-state index contributed by atoms with van der Waals surface area (Å²) in [7, 11) is 0. The molecule has 3 N–H and O–H groups in total. The van der Waals surface area contributed by atoms with Crippen molar-refractivity contribution in [2.24, 2.45) is 5.73 Å². The SMILES string of the molecule is CCN(CC(F)(F)F)[C@H](CN)C(=O)Nc1ccc(N2CCOCC2=O)cc1OC(F)F. The summed E-state index contributed by atoms with van der Waals surface area (Å²) in [6, 6.07) is 2.39. The van der Waals surface area contributed by atoms with Gasteiger partial charge in [0, 0.05) is 24.8 Å². The van der Waals surface area contributed by atoms with Crippen LogP contribution in [0.5, 0.6) is 5.75 Å². The largest absolute Gasteiger partial charge is 0.433 e. The molecular weight excluding hydrogens is 431 g/mol. The monoisotopic (exact) mass is 454 g/mol. The van der Waals surface area contributed by atoms with Crippen molar-refractivity contribution in [3.63, 3.8) is 0 Å². The Morgan fingerprint density at radius 1 is 1.39 bits per heavy atom. The third-order valence-electron chi connectivity index (χ3n) is 4.49. The van der Waals surface area contributed by atoms with Crippen molar-refractivity contribution in [1.82, 2.24) is 4.90 Å². The topological polar surface area (TPSA) is 97.1 Å². The number of hydrogen-bond donors (Lipinski definition) is 2. The Morgan fingerprint density at radius 2 is 2.10 bits per heavy atom. The highest BCUT2D eigenvalue weighted by molar-refractivity contribution is 5.98. The number of benzene rings is 1. The van der Waals surface area contributed by atoms with Crippen molar-refractivity contribution in [3.05, 3.63) is 18.2 Å². The fraction of sp³-hybridized carbons (Fsp3) is 0.556. The highest BCUT2D eigenvalue weighted by atomic mass is 19.4. The summed E-state index contributed by atoms with van der Waals surface area (Å²) in [6.45, 7) is -3.45. The predicted octanol–water partition coefficient (Wildman–Crippen LogP) is 1.80.